The van der Waals surface area contributed by atoms with Crippen molar-refractivity contribution in [2.24, 2.45) is 4.99 Å². The number of aromatic nitrogens is 1. The van der Waals surface area contributed by atoms with Gasteiger partial charge in [0.15, 0.2) is 11.7 Å². The van der Waals surface area contributed by atoms with Crippen molar-refractivity contribution >= 4 is 5.96 Å². The molecule has 0 radical (unpaired) electrons. The Morgan fingerprint density at radius 3 is 2.75 bits per heavy atom. The highest BCUT2D eigenvalue weighted by molar-refractivity contribution is 5.80. The summed E-state index contributed by atoms with van der Waals surface area (Å²) in [7, 11) is 0. The molecule has 1 heterocycles. The zero-order valence-electron chi connectivity index (χ0n) is 14.7. The van der Waals surface area contributed by atoms with Crippen LogP contribution in [0.2, 0.25) is 0 Å². The zero-order chi connectivity index (χ0) is 17.5. The predicted molar refractivity (Wildman–Crippen MR) is 93.4 cm³/mol. The van der Waals surface area contributed by atoms with Crippen LogP contribution >= 0.6 is 0 Å². The third kappa shape index (κ3) is 4.81. The lowest BCUT2D eigenvalue weighted by atomic mass is 10.1. The van der Waals surface area contributed by atoms with Crippen LogP contribution in [0.25, 0.3) is 0 Å². The Labute approximate surface area is 142 Å². The standard InChI is InChI=1S/C18H25FN4O/c1-5-15-10-16(24-23-15)11-21-18(20-6-2)22-13(4)14-8-7-12(3)17(19)9-14/h7-10,13H,5-6,11H2,1-4H3,(H2,20,21,22). The summed E-state index contributed by atoms with van der Waals surface area (Å²) < 4.78 is 19.0. The number of rotatable bonds is 6. The summed E-state index contributed by atoms with van der Waals surface area (Å²) in [6.45, 7) is 8.88. The average molecular weight is 332 g/mol. The molecule has 0 aliphatic heterocycles. The summed E-state index contributed by atoms with van der Waals surface area (Å²) in [6, 6.07) is 7.10. The van der Waals surface area contributed by atoms with Gasteiger partial charge in [-0.15, -0.1) is 0 Å². The van der Waals surface area contributed by atoms with Crippen molar-refractivity contribution in [1.29, 1.82) is 0 Å². The van der Waals surface area contributed by atoms with Gasteiger partial charge in [-0.3, -0.25) is 0 Å². The molecule has 1 aromatic heterocycles. The molecule has 0 bridgehead atoms. The van der Waals surface area contributed by atoms with Crippen LogP contribution in [-0.4, -0.2) is 17.7 Å². The lowest BCUT2D eigenvalue weighted by molar-refractivity contribution is 0.379. The number of nitrogens with one attached hydrogen (secondary N) is 2. The van der Waals surface area contributed by atoms with Crippen LogP contribution in [0.3, 0.4) is 0 Å². The highest BCUT2D eigenvalue weighted by Gasteiger charge is 2.10. The first kappa shape index (κ1) is 18.0. The van der Waals surface area contributed by atoms with Gasteiger partial charge in [-0.1, -0.05) is 24.2 Å². The second-order valence-electron chi connectivity index (χ2n) is 5.71. The van der Waals surface area contributed by atoms with Crippen LogP contribution in [-0.2, 0) is 13.0 Å². The van der Waals surface area contributed by atoms with E-state index in [0.717, 1.165) is 30.0 Å². The molecule has 5 nitrogen and oxygen atoms in total. The molecule has 0 aliphatic carbocycles. The number of guanidine groups is 1. The lowest BCUT2D eigenvalue weighted by Crippen LogP contribution is -2.38. The topological polar surface area (TPSA) is 62.5 Å². The van der Waals surface area contributed by atoms with E-state index in [9.17, 15) is 4.39 Å². The van der Waals surface area contributed by atoms with E-state index < -0.39 is 0 Å². The van der Waals surface area contributed by atoms with Gasteiger partial charge >= 0.3 is 0 Å². The van der Waals surface area contributed by atoms with Crippen LogP contribution < -0.4 is 10.6 Å². The van der Waals surface area contributed by atoms with Crippen molar-refractivity contribution in [3.63, 3.8) is 0 Å². The molecular weight excluding hydrogens is 307 g/mol. The van der Waals surface area contributed by atoms with E-state index in [2.05, 4.69) is 20.8 Å². The number of aryl methyl sites for hydroxylation is 2. The van der Waals surface area contributed by atoms with Gasteiger partial charge < -0.3 is 15.2 Å². The van der Waals surface area contributed by atoms with Gasteiger partial charge in [-0.2, -0.15) is 0 Å². The first-order chi connectivity index (χ1) is 11.5. The predicted octanol–water partition coefficient (Wildman–Crippen LogP) is 3.50. The Balaban J connectivity index is 2.05. The number of nitrogens with zero attached hydrogens (tertiary/aromatic N) is 2. The van der Waals surface area contributed by atoms with Crippen LogP contribution in [0.4, 0.5) is 4.39 Å². The fourth-order valence-corrected chi connectivity index (χ4v) is 2.24. The van der Waals surface area contributed by atoms with Gasteiger partial charge in [0.25, 0.3) is 0 Å². The van der Waals surface area contributed by atoms with E-state index in [4.69, 9.17) is 4.52 Å². The minimum atomic E-state index is -0.197. The molecule has 0 aliphatic rings. The minimum absolute atomic E-state index is 0.0705. The molecule has 130 valence electrons. The Kier molecular flexibility index (Phi) is 6.35. The number of halogens is 1. The molecule has 6 heteroatoms. The van der Waals surface area contributed by atoms with E-state index in [1.165, 1.54) is 0 Å². The zero-order valence-corrected chi connectivity index (χ0v) is 14.7. The molecule has 1 unspecified atom stereocenters. The summed E-state index contributed by atoms with van der Waals surface area (Å²) in [5, 5.41) is 10.4. The molecular formula is C18H25FN4O. The van der Waals surface area contributed by atoms with E-state index in [1.54, 1.807) is 19.1 Å². The molecule has 2 rings (SSSR count). The summed E-state index contributed by atoms with van der Waals surface area (Å²) in [4.78, 5) is 4.50. The maximum atomic E-state index is 13.7. The minimum Gasteiger partial charge on any atom is -0.359 e. The van der Waals surface area contributed by atoms with E-state index >= 15 is 0 Å². The number of hydrogen-bond donors (Lipinski definition) is 2. The van der Waals surface area contributed by atoms with Crippen molar-refractivity contribution in [1.82, 2.24) is 15.8 Å². The van der Waals surface area contributed by atoms with Crippen LogP contribution in [0.5, 0.6) is 0 Å². The molecule has 1 aromatic carbocycles. The SMILES string of the molecule is CCNC(=NCc1cc(CC)no1)NC(C)c1ccc(C)c(F)c1. The van der Waals surface area contributed by atoms with Crippen LogP contribution in [0.1, 0.15) is 49.4 Å². The largest absolute Gasteiger partial charge is 0.359 e. The number of aliphatic imine (C=N–C) groups is 1. The van der Waals surface area contributed by atoms with E-state index in [1.807, 2.05) is 32.9 Å². The van der Waals surface area contributed by atoms with Crippen molar-refractivity contribution in [2.45, 2.75) is 46.7 Å². The Hall–Kier alpha value is -2.37. The van der Waals surface area contributed by atoms with Crippen molar-refractivity contribution in [2.75, 3.05) is 6.54 Å². The van der Waals surface area contributed by atoms with Crippen molar-refractivity contribution in [3.05, 3.63) is 52.7 Å². The second-order valence-corrected chi connectivity index (χ2v) is 5.71. The quantitative estimate of drug-likeness (QED) is 0.628. The Morgan fingerprint density at radius 1 is 1.33 bits per heavy atom. The summed E-state index contributed by atoms with van der Waals surface area (Å²) in [6.07, 6.45) is 0.835. The summed E-state index contributed by atoms with van der Waals surface area (Å²) >= 11 is 0. The third-order valence-electron chi connectivity index (χ3n) is 3.76. The summed E-state index contributed by atoms with van der Waals surface area (Å²) in [5.41, 5.74) is 2.43. The summed E-state index contributed by atoms with van der Waals surface area (Å²) in [5.74, 6) is 1.18. The highest BCUT2D eigenvalue weighted by atomic mass is 19.1. The van der Waals surface area contributed by atoms with Gasteiger partial charge in [0.05, 0.1) is 11.7 Å². The lowest BCUT2D eigenvalue weighted by Gasteiger charge is -2.18. The maximum Gasteiger partial charge on any atom is 0.192 e. The van der Waals surface area contributed by atoms with E-state index in [0.29, 0.717) is 18.1 Å². The molecule has 0 fully saturated rings. The number of hydrogen-bond acceptors (Lipinski definition) is 3. The van der Waals surface area contributed by atoms with Gasteiger partial charge in [-0.25, -0.2) is 9.38 Å². The van der Waals surface area contributed by atoms with Crippen molar-refractivity contribution in [3.8, 4) is 0 Å². The van der Waals surface area contributed by atoms with Crippen LogP contribution in [0.15, 0.2) is 33.8 Å². The smallest absolute Gasteiger partial charge is 0.192 e. The molecule has 2 N–H and O–H groups in total. The molecule has 0 spiro atoms. The second kappa shape index (κ2) is 8.47. The molecule has 0 saturated heterocycles. The van der Waals surface area contributed by atoms with Gasteiger partial charge in [0.1, 0.15) is 12.4 Å². The first-order valence-corrected chi connectivity index (χ1v) is 8.28. The van der Waals surface area contributed by atoms with Crippen LogP contribution in [0, 0.1) is 12.7 Å². The molecule has 0 saturated carbocycles. The number of benzene rings is 1. The van der Waals surface area contributed by atoms with Gasteiger partial charge in [-0.05, 0) is 44.4 Å². The average Bonchev–Trinajstić information content (AvgIpc) is 3.03. The fraction of sp³-hybridized carbons (Fsp3) is 0.444. The third-order valence-corrected chi connectivity index (χ3v) is 3.76. The molecule has 1 atom stereocenters. The Bertz CT molecular complexity index is 696. The normalized spacial score (nSPS) is 13.0. The van der Waals surface area contributed by atoms with E-state index in [-0.39, 0.29) is 11.9 Å². The molecule has 2 aromatic rings. The Morgan fingerprint density at radius 2 is 2.12 bits per heavy atom. The fourth-order valence-electron chi connectivity index (χ4n) is 2.24. The molecule has 24 heavy (non-hydrogen) atoms. The first-order valence-electron chi connectivity index (χ1n) is 8.28. The molecule has 0 amide bonds. The highest BCUT2D eigenvalue weighted by Crippen LogP contribution is 2.16. The monoisotopic (exact) mass is 332 g/mol. The van der Waals surface area contributed by atoms with Gasteiger partial charge in [0.2, 0.25) is 0 Å². The van der Waals surface area contributed by atoms with Crippen molar-refractivity contribution < 1.29 is 8.91 Å². The maximum absolute atomic E-state index is 13.7. The van der Waals surface area contributed by atoms with Gasteiger partial charge in [0, 0.05) is 12.6 Å².